The summed E-state index contributed by atoms with van der Waals surface area (Å²) in [5, 5.41) is 22.1. The molecule has 3 amide bonds. The zero-order chi connectivity index (χ0) is 39.2. The van der Waals surface area contributed by atoms with Crippen LogP contribution in [0.3, 0.4) is 0 Å². The van der Waals surface area contributed by atoms with E-state index >= 15 is 0 Å². The SMILES string of the molecule is O=C(NCC[C@H](NC(=O)c1ccc(Nc2nc(NC3(c4ccc(Cl)cc4)CC3)nc(OCC(F)(F)F)n2)cc1)C(=O)O)C(=O)Nc1ccc(F)c(F)c1F. The summed E-state index contributed by atoms with van der Waals surface area (Å²) >= 11 is 6.00. The fourth-order valence-electron chi connectivity index (χ4n) is 4.82. The molecule has 5 rings (SSSR count). The lowest BCUT2D eigenvalue weighted by Crippen LogP contribution is -2.44. The van der Waals surface area contributed by atoms with Crippen molar-refractivity contribution < 1.29 is 55.4 Å². The van der Waals surface area contributed by atoms with E-state index in [4.69, 9.17) is 16.3 Å². The van der Waals surface area contributed by atoms with Gasteiger partial charge in [-0.15, -0.1) is 0 Å². The Morgan fingerprint density at radius 1 is 0.870 bits per heavy atom. The van der Waals surface area contributed by atoms with Crippen molar-refractivity contribution in [3.05, 3.63) is 94.3 Å². The van der Waals surface area contributed by atoms with E-state index in [0.29, 0.717) is 30.0 Å². The average molecular weight is 781 g/mol. The summed E-state index contributed by atoms with van der Waals surface area (Å²) < 4.78 is 83.8. The Morgan fingerprint density at radius 2 is 1.54 bits per heavy atom. The van der Waals surface area contributed by atoms with Gasteiger partial charge in [0.25, 0.3) is 5.91 Å². The summed E-state index contributed by atoms with van der Waals surface area (Å²) in [4.78, 5) is 60.9. The second kappa shape index (κ2) is 16.2. The van der Waals surface area contributed by atoms with Gasteiger partial charge in [0, 0.05) is 22.8 Å². The first-order valence-electron chi connectivity index (χ1n) is 15.7. The molecule has 1 aromatic heterocycles. The minimum absolute atomic E-state index is 0.0189. The molecular weight excluding hydrogens is 754 g/mol. The standard InChI is InChI=1S/C33H27ClF6N8O6/c34-18-5-3-17(4-6-18)32(12-13-32)48-30-45-29(46-31(47-30)54-15-33(38,39)40)42-19-7-1-16(2-8-19)25(49)44-22(28(52)53)11-14-41-26(50)27(51)43-21-10-9-20(35)23(36)24(21)37/h1-10,22H,11-15H2,(H,41,50)(H,43,51)(H,44,49)(H,52,53)(H2,42,45,46,47,48)/t22-/m0/s1. The Kier molecular flexibility index (Phi) is 11.7. The number of benzene rings is 3. The van der Waals surface area contributed by atoms with Crippen LogP contribution < -0.4 is 31.3 Å². The zero-order valence-electron chi connectivity index (χ0n) is 27.4. The van der Waals surface area contributed by atoms with Gasteiger partial charge in [-0.3, -0.25) is 14.4 Å². The minimum atomic E-state index is -4.67. The van der Waals surface area contributed by atoms with Crippen LogP contribution in [0.15, 0.2) is 60.7 Å². The van der Waals surface area contributed by atoms with Gasteiger partial charge in [-0.25, -0.2) is 18.0 Å². The van der Waals surface area contributed by atoms with Crippen molar-refractivity contribution in [1.29, 1.82) is 0 Å². The first kappa shape index (κ1) is 39.0. The Bertz CT molecular complexity index is 2050. The van der Waals surface area contributed by atoms with Crippen molar-refractivity contribution in [2.45, 2.75) is 37.0 Å². The van der Waals surface area contributed by atoms with Gasteiger partial charge in [0.1, 0.15) is 6.04 Å². The van der Waals surface area contributed by atoms with Crippen molar-refractivity contribution in [2.75, 3.05) is 29.1 Å². The van der Waals surface area contributed by atoms with Gasteiger partial charge in [0.05, 0.1) is 11.2 Å². The third kappa shape index (κ3) is 10.2. The fourth-order valence-corrected chi connectivity index (χ4v) is 4.94. The number of alkyl halides is 3. The molecule has 21 heteroatoms. The van der Waals surface area contributed by atoms with Crippen molar-refractivity contribution in [1.82, 2.24) is 25.6 Å². The lowest BCUT2D eigenvalue weighted by molar-refractivity contribution is -0.154. The topological polar surface area (TPSA) is 197 Å². The van der Waals surface area contributed by atoms with Crippen LogP contribution in [0.2, 0.25) is 5.02 Å². The molecule has 0 bridgehead atoms. The summed E-state index contributed by atoms with van der Waals surface area (Å²) in [6.07, 6.45) is -3.74. The first-order valence-corrected chi connectivity index (χ1v) is 16.0. The van der Waals surface area contributed by atoms with Crippen LogP contribution in [0.4, 0.5) is 49.6 Å². The number of carbonyl (C=O) groups excluding carboxylic acids is 3. The number of hydrogen-bond acceptors (Lipinski definition) is 10. The first-order chi connectivity index (χ1) is 25.5. The summed E-state index contributed by atoms with van der Waals surface area (Å²) in [6, 6.07) is 11.4. The number of anilines is 4. The van der Waals surface area contributed by atoms with E-state index in [9.17, 15) is 50.6 Å². The summed E-state index contributed by atoms with van der Waals surface area (Å²) in [5.74, 6) is -10.6. The molecule has 1 aliphatic carbocycles. The molecule has 6 N–H and O–H groups in total. The highest BCUT2D eigenvalue weighted by atomic mass is 35.5. The summed E-state index contributed by atoms with van der Waals surface area (Å²) in [5.41, 5.74) is -0.303. The maximum absolute atomic E-state index is 13.8. The lowest BCUT2D eigenvalue weighted by Gasteiger charge is -2.19. The van der Waals surface area contributed by atoms with Gasteiger partial charge in [-0.2, -0.15) is 28.1 Å². The van der Waals surface area contributed by atoms with Crippen molar-refractivity contribution in [3.63, 3.8) is 0 Å². The number of halogens is 7. The number of carboxylic acids is 1. The van der Waals surface area contributed by atoms with Crippen LogP contribution >= 0.6 is 11.6 Å². The quantitative estimate of drug-likeness (QED) is 0.0569. The van der Waals surface area contributed by atoms with Crippen LogP contribution in [-0.2, 0) is 19.9 Å². The van der Waals surface area contributed by atoms with Gasteiger partial charge in [0.15, 0.2) is 24.1 Å². The smallest absolute Gasteiger partial charge is 0.422 e. The molecule has 1 saturated carbocycles. The molecule has 3 aromatic carbocycles. The number of carboxylic acid groups (broad SMARTS) is 1. The third-order valence-electron chi connectivity index (χ3n) is 7.69. The van der Waals surface area contributed by atoms with Gasteiger partial charge < -0.3 is 36.4 Å². The Morgan fingerprint density at radius 3 is 2.17 bits per heavy atom. The Labute approximate surface area is 305 Å². The molecule has 0 radical (unpaired) electrons. The molecule has 14 nitrogen and oxygen atoms in total. The van der Waals surface area contributed by atoms with Gasteiger partial charge >= 0.3 is 30.0 Å². The van der Waals surface area contributed by atoms with E-state index in [-0.39, 0.29) is 23.1 Å². The maximum Gasteiger partial charge on any atom is 0.422 e. The third-order valence-corrected chi connectivity index (χ3v) is 7.94. The molecule has 0 unspecified atom stereocenters. The molecule has 54 heavy (non-hydrogen) atoms. The minimum Gasteiger partial charge on any atom is -0.480 e. The molecule has 284 valence electrons. The largest absolute Gasteiger partial charge is 0.480 e. The van der Waals surface area contributed by atoms with Crippen LogP contribution in [0.5, 0.6) is 6.01 Å². The van der Waals surface area contributed by atoms with Gasteiger partial charge in [-0.1, -0.05) is 23.7 Å². The molecular formula is C33H27ClF6N8O6. The molecule has 1 fully saturated rings. The molecule has 0 aliphatic heterocycles. The predicted octanol–water partition coefficient (Wildman–Crippen LogP) is 5.06. The number of rotatable bonds is 14. The van der Waals surface area contributed by atoms with Crippen LogP contribution in [-0.4, -0.2) is 69.1 Å². The van der Waals surface area contributed by atoms with E-state index in [1.54, 1.807) is 29.6 Å². The summed E-state index contributed by atoms with van der Waals surface area (Å²) in [7, 11) is 0. The van der Waals surface area contributed by atoms with Crippen molar-refractivity contribution in [2.24, 2.45) is 0 Å². The van der Waals surface area contributed by atoms with Gasteiger partial charge in [0.2, 0.25) is 11.9 Å². The maximum atomic E-state index is 13.8. The van der Waals surface area contributed by atoms with Gasteiger partial charge in [-0.05, 0) is 73.4 Å². The molecule has 0 spiro atoms. The number of aliphatic carboxylic acids is 1. The second-order valence-electron chi connectivity index (χ2n) is 11.7. The zero-order valence-corrected chi connectivity index (χ0v) is 28.1. The number of carbonyl (C=O) groups is 4. The van der Waals surface area contributed by atoms with Crippen molar-refractivity contribution in [3.8, 4) is 6.01 Å². The molecule has 1 atom stereocenters. The number of amides is 3. The highest BCUT2D eigenvalue weighted by molar-refractivity contribution is 6.39. The van der Waals surface area contributed by atoms with E-state index < -0.39 is 90.2 Å². The van der Waals surface area contributed by atoms with Crippen LogP contribution in [0, 0.1) is 17.5 Å². The number of hydrogen-bond donors (Lipinski definition) is 6. The van der Waals surface area contributed by atoms with E-state index in [0.717, 1.165) is 5.56 Å². The fraction of sp³-hybridized carbons (Fsp3) is 0.242. The van der Waals surface area contributed by atoms with Crippen LogP contribution in [0.25, 0.3) is 0 Å². The highest BCUT2D eigenvalue weighted by Crippen LogP contribution is 2.48. The molecule has 1 aliphatic rings. The van der Waals surface area contributed by atoms with Crippen LogP contribution in [0.1, 0.15) is 35.2 Å². The Balaban J connectivity index is 1.19. The number of nitrogens with one attached hydrogen (secondary N) is 5. The van der Waals surface area contributed by atoms with E-state index in [1.165, 1.54) is 24.3 Å². The number of ether oxygens (including phenoxy) is 1. The highest BCUT2D eigenvalue weighted by Gasteiger charge is 2.45. The Hall–Kier alpha value is -6.18. The monoisotopic (exact) mass is 780 g/mol. The average Bonchev–Trinajstić information content (AvgIpc) is 3.90. The predicted molar refractivity (Wildman–Crippen MR) is 179 cm³/mol. The molecule has 1 heterocycles. The van der Waals surface area contributed by atoms with Crippen molar-refractivity contribution >= 4 is 58.6 Å². The normalized spacial score (nSPS) is 13.6. The number of aromatic nitrogens is 3. The second-order valence-corrected chi connectivity index (χ2v) is 12.1. The number of nitrogens with zero attached hydrogens (tertiary/aromatic N) is 3. The lowest BCUT2D eigenvalue weighted by atomic mass is 10.1. The molecule has 0 saturated heterocycles. The van der Waals surface area contributed by atoms with E-state index in [2.05, 4.69) is 36.2 Å². The summed E-state index contributed by atoms with van der Waals surface area (Å²) in [6.45, 7) is -2.12. The molecule has 4 aromatic rings. The van der Waals surface area contributed by atoms with E-state index in [1.807, 2.05) is 0 Å².